The van der Waals surface area contributed by atoms with Crippen LogP contribution in [0.15, 0.2) is 53.5 Å². The Bertz CT molecular complexity index is 755. The molecule has 1 N–H and O–H groups in total. The van der Waals surface area contributed by atoms with Crippen LogP contribution in [-0.2, 0) is 0 Å². The van der Waals surface area contributed by atoms with Crippen molar-refractivity contribution in [1.82, 2.24) is 0 Å². The van der Waals surface area contributed by atoms with E-state index in [2.05, 4.69) is 12.2 Å². The summed E-state index contributed by atoms with van der Waals surface area (Å²) in [4.78, 5) is 17.3. The van der Waals surface area contributed by atoms with Crippen molar-refractivity contribution in [2.24, 2.45) is 4.99 Å². The fraction of sp³-hybridized carbons (Fsp3) is 0.263. The zero-order valence-corrected chi connectivity index (χ0v) is 14.2. The fourth-order valence-electron chi connectivity index (χ4n) is 2.57. The number of rotatable bonds is 4. The zero-order chi connectivity index (χ0) is 16.2. The SMILES string of the molecule is CC[C@@H]1CSC(c2ccccc2NC(=O)c2ccccc2C)=N1. The van der Waals surface area contributed by atoms with Gasteiger partial charge in [-0.2, -0.15) is 0 Å². The maximum atomic E-state index is 12.6. The highest BCUT2D eigenvalue weighted by Crippen LogP contribution is 2.29. The molecule has 1 amide bonds. The van der Waals surface area contributed by atoms with Crippen LogP contribution < -0.4 is 5.32 Å². The number of hydrogen-bond donors (Lipinski definition) is 1. The third-order valence-electron chi connectivity index (χ3n) is 3.98. The van der Waals surface area contributed by atoms with Crippen LogP contribution in [0, 0.1) is 6.92 Å². The number of benzene rings is 2. The molecule has 118 valence electrons. The number of aliphatic imine (C=N–C) groups is 1. The maximum Gasteiger partial charge on any atom is 0.255 e. The lowest BCUT2D eigenvalue weighted by Gasteiger charge is -2.11. The summed E-state index contributed by atoms with van der Waals surface area (Å²) in [6.07, 6.45) is 1.05. The van der Waals surface area contributed by atoms with Gasteiger partial charge >= 0.3 is 0 Å². The number of thioether (sulfide) groups is 1. The number of amides is 1. The highest BCUT2D eigenvalue weighted by atomic mass is 32.2. The van der Waals surface area contributed by atoms with E-state index in [4.69, 9.17) is 4.99 Å². The van der Waals surface area contributed by atoms with Gasteiger partial charge in [-0.1, -0.05) is 43.3 Å². The van der Waals surface area contributed by atoms with Gasteiger partial charge < -0.3 is 5.32 Å². The molecule has 3 rings (SSSR count). The predicted molar refractivity (Wildman–Crippen MR) is 98.6 cm³/mol. The number of nitrogens with zero attached hydrogens (tertiary/aromatic N) is 1. The normalized spacial score (nSPS) is 17.0. The molecule has 3 nitrogen and oxygen atoms in total. The standard InChI is InChI=1S/C19H20N2OS/c1-3-14-12-23-19(20-14)16-10-6-7-11-17(16)21-18(22)15-9-5-4-8-13(15)2/h4-11,14H,3,12H2,1-2H3,(H,21,22)/t14-/m1/s1. The minimum absolute atomic E-state index is 0.0776. The van der Waals surface area contributed by atoms with Crippen molar-refractivity contribution in [2.75, 3.05) is 11.1 Å². The molecular formula is C19H20N2OS. The Balaban J connectivity index is 1.87. The summed E-state index contributed by atoms with van der Waals surface area (Å²) in [5.74, 6) is 0.942. The highest BCUT2D eigenvalue weighted by molar-refractivity contribution is 8.14. The van der Waals surface area contributed by atoms with E-state index in [0.29, 0.717) is 11.6 Å². The van der Waals surface area contributed by atoms with Crippen LogP contribution in [0.3, 0.4) is 0 Å². The largest absolute Gasteiger partial charge is 0.321 e. The summed E-state index contributed by atoms with van der Waals surface area (Å²) >= 11 is 1.77. The van der Waals surface area contributed by atoms with Gasteiger partial charge in [-0.3, -0.25) is 9.79 Å². The second-order valence-corrected chi connectivity index (χ2v) is 6.63. The first-order valence-electron chi connectivity index (χ1n) is 7.86. The molecule has 0 fully saturated rings. The van der Waals surface area contributed by atoms with E-state index in [9.17, 15) is 4.79 Å². The molecule has 0 aliphatic carbocycles. The third kappa shape index (κ3) is 3.48. The maximum absolute atomic E-state index is 12.6. The van der Waals surface area contributed by atoms with Crippen LogP contribution in [0.4, 0.5) is 5.69 Å². The van der Waals surface area contributed by atoms with E-state index in [1.54, 1.807) is 11.8 Å². The van der Waals surface area contributed by atoms with E-state index in [0.717, 1.165) is 34.0 Å². The first kappa shape index (κ1) is 15.8. The van der Waals surface area contributed by atoms with Crippen molar-refractivity contribution >= 4 is 28.4 Å². The lowest BCUT2D eigenvalue weighted by molar-refractivity contribution is 0.102. The van der Waals surface area contributed by atoms with E-state index < -0.39 is 0 Å². The highest BCUT2D eigenvalue weighted by Gasteiger charge is 2.20. The first-order chi connectivity index (χ1) is 11.2. The number of nitrogens with one attached hydrogen (secondary N) is 1. The Kier molecular flexibility index (Phi) is 4.82. The van der Waals surface area contributed by atoms with Gasteiger partial charge in [-0.25, -0.2) is 0 Å². The molecule has 0 radical (unpaired) electrons. The topological polar surface area (TPSA) is 41.5 Å². The molecule has 1 aliphatic heterocycles. The van der Waals surface area contributed by atoms with Crippen molar-refractivity contribution in [1.29, 1.82) is 0 Å². The molecule has 0 aromatic heterocycles. The molecule has 0 bridgehead atoms. The number of hydrogen-bond acceptors (Lipinski definition) is 3. The van der Waals surface area contributed by atoms with E-state index in [1.165, 1.54) is 0 Å². The van der Waals surface area contributed by atoms with Crippen LogP contribution in [0.2, 0.25) is 0 Å². The molecular weight excluding hydrogens is 304 g/mol. The van der Waals surface area contributed by atoms with Gasteiger partial charge in [-0.15, -0.1) is 11.8 Å². The zero-order valence-electron chi connectivity index (χ0n) is 13.4. The number of carbonyl (C=O) groups is 1. The lowest BCUT2D eigenvalue weighted by Crippen LogP contribution is -2.15. The molecule has 4 heteroatoms. The molecule has 1 heterocycles. The number of carbonyl (C=O) groups excluding carboxylic acids is 1. The summed E-state index contributed by atoms with van der Waals surface area (Å²) in [5, 5.41) is 4.07. The average molecular weight is 324 g/mol. The predicted octanol–water partition coefficient (Wildman–Crippen LogP) is 4.52. The Hall–Kier alpha value is -2.07. The molecule has 1 atom stereocenters. The van der Waals surface area contributed by atoms with Crippen LogP contribution in [0.1, 0.15) is 34.8 Å². The molecule has 23 heavy (non-hydrogen) atoms. The second kappa shape index (κ2) is 7.01. The lowest BCUT2D eigenvalue weighted by atomic mass is 10.1. The van der Waals surface area contributed by atoms with E-state index in [1.807, 2.05) is 55.5 Å². The second-order valence-electron chi connectivity index (χ2n) is 5.62. The minimum Gasteiger partial charge on any atom is -0.321 e. The van der Waals surface area contributed by atoms with Crippen molar-refractivity contribution in [3.8, 4) is 0 Å². The van der Waals surface area contributed by atoms with Crippen LogP contribution >= 0.6 is 11.8 Å². The smallest absolute Gasteiger partial charge is 0.255 e. The molecule has 0 spiro atoms. The summed E-state index contributed by atoms with van der Waals surface area (Å²) in [7, 11) is 0. The van der Waals surface area contributed by atoms with Gasteiger partial charge in [0.25, 0.3) is 5.91 Å². The summed E-state index contributed by atoms with van der Waals surface area (Å²) in [5.41, 5.74) is 3.51. The molecule has 0 unspecified atom stereocenters. The van der Waals surface area contributed by atoms with Gasteiger partial charge in [0.2, 0.25) is 0 Å². The van der Waals surface area contributed by atoms with Gasteiger partial charge in [-0.05, 0) is 31.0 Å². The average Bonchev–Trinajstić information content (AvgIpc) is 3.04. The molecule has 0 saturated carbocycles. The van der Waals surface area contributed by atoms with Crippen LogP contribution in [-0.4, -0.2) is 22.7 Å². The number of para-hydroxylation sites is 1. The van der Waals surface area contributed by atoms with Crippen molar-refractivity contribution < 1.29 is 4.79 Å². The summed E-state index contributed by atoms with van der Waals surface area (Å²) < 4.78 is 0. The third-order valence-corrected chi connectivity index (χ3v) is 5.13. The first-order valence-corrected chi connectivity index (χ1v) is 8.84. The number of anilines is 1. The quantitative estimate of drug-likeness (QED) is 0.898. The Labute approximate surface area is 141 Å². The van der Waals surface area contributed by atoms with Crippen LogP contribution in [0.5, 0.6) is 0 Å². The molecule has 1 aliphatic rings. The van der Waals surface area contributed by atoms with Crippen molar-refractivity contribution in [2.45, 2.75) is 26.3 Å². The van der Waals surface area contributed by atoms with Crippen molar-refractivity contribution in [3.05, 3.63) is 65.2 Å². The molecule has 2 aromatic carbocycles. The van der Waals surface area contributed by atoms with Crippen molar-refractivity contribution in [3.63, 3.8) is 0 Å². The molecule has 2 aromatic rings. The Morgan fingerprint density at radius 2 is 1.96 bits per heavy atom. The van der Waals surface area contributed by atoms with Crippen LogP contribution in [0.25, 0.3) is 0 Å². The van der Waals surface area contributed by atoms with Gasteiger partial charge in [0.15, 0.2) is 0 Å². The van der Waals surface area contributed by atoms with Gasteiger partial charge in [0, 0.05) is 16.9 Å². The van der Waals surface area contributed by atoms with Gasteiger partial charge in [0.1, 0.15) is 5.04 Å². The van der Waals surface area contributed by atoms with E-state index in [-0.39, 0.29) is 5.91 Å². The monoisotopic (exact) mass is 324 g/mol. The summed E-state index contributed by atoms with van der Waals surface area (Å²) in [6, 6.07) is 15.9. The Morgan fingerprint density at radius 3 is 2.70 bits per heavy atom. The molecule has 0 saturated heterocycles. The Morgan fingerprint density at radius 1 is 1.22 bits per heavy atom. The summed E-state index contributed by atoms with van der Waals surface area (Å²) in [6.45, 7) is 4.10. The number of aryl methyl sites for hydroxylation is 1. The van der Waals surface area contributed by atoms with E-state index >= 15 is 0 Å². The fourth-order valence-corrected chi connectivity index (χ4v) is 3.79. The minimum atomic E-state index is -0.0776. The van der Waals surface area contributed by atoms with Gasteiger partial charge in [0.05, 0.1) is 11.7 Å².